The van der Waals surface area contributed by atoms with E-state index in [-0.39, 0.29) is 12.4 Å². The van der Waals surface area contributed by atoms with Gasteiger partial charge in [-0.2, -0.15) is 0 Å². The summed E-state index contributed by atoms with van der Waals surface area (Å²) in [7, 11) is -3.93. The highest BCUT2D eigenvalue weighted by Crippen LogP contribution is 2.09. The monoisotopic (exact) mass is 526 g/mol. The van der Waals surface area contributed by atoms with E-state index in [1.54, 1.807) is 0 Å². The van der Waals surface area contributed by atoms with E-state index in [4.69, 9.17) is 0 Å². The molecule has 0 aliphatic rings. The van der Waals surface area contributed by atoms with Crippen molar-refractivity contribution in [1.29, 1.82) is 0 Å². The van der Waals surface area contributed by atoms with Gasteiger partial charge in [0.05, 0.1) is 20.1 Å². The predicted molar refractivity (Wildman–Crippen MR) is 133 cm³/mol. The summed E-state index contributed by atoms with van der Waals surface area (Å²) in [6, 6.07) is 0. The summed E-state index contributed by atoms with van der Waals surface area (Å²) < 4.78 is 45.6. The van der Waals surface area contributed by atoms with Gasteiger partial charge < -0.3 is 29.7 Å². The molecule has 0 bridgehead atoms. The van der Waals surface area contributed by atoms with E-state index in [9.17, 15) is 17.3 Å². The molecule has 0 amide bonds. The molecule has 2 heterocycles. The Kier molecular flexibility index (Phi) is 24.7. The molecule has 1 N–H and O–H groups in total. The highest BCUT2D eigenvalue weighted by atomic mass is 35.5. The number of imidazole rings is 2. The molecule has 0 unspecified atom stereocenters. The van der Waals surface area contributed by atoms with E-state index in [0.717, 1.165) is 6.54 Å². The maximum absolute atomic E-state index is 9.75. The summed E-state index contributed by atoms with van der Waals surface area (Å²) >= 11 is 0. The Morgan fingerprint density at radius 3 is 1.66 bits per heavy atom. The van der Waals surface area contributed by atoms with E-state index < -0.39 is 7.25 Å². The third-order valence-electron chi connectivity index (χ3n) is 5.47. The maximum Gasteiger partial charge on any atom is 0.673 e. The lowest BCUT2D eigenvalue weighted by Crippen LogP contribution is -3.00. The topological polar surface area (TPSA) is 28.5 Å². The molecule has 2 rings (SSSR count). The zero-order valence-electron chi connectivity index (χ0n) is 22.1. The number of nitrogens with zero attached hydrogens (tertiary/aromatic N) is 3. The molecule has 35 heavy (non-hydrogen) atoms. The molecule has 2 aromatic heterocycles. The van der Waals surface area contributed by atoms with Crippen LogP contribution in [0.4, 0.5) is 17.3 Å². The van der Waals surface area contributed by atoms with Gasteiger partial charge in [-0.25, -0.2) is 13.7 Å². The minimum absolute atomic E-state index is 0. The lowest BCUT2D eigenvalue weighted by atomic mass is 10.1. The number of halogens is 5. The predicted octanol–water partition coefficient (Wildman–Crippen LogP) is 4.42. The Hall–Kier alpha value is -1.51. The van der Waals surface area contributed by atoms with E-state index >= 15 is 0 Å². The Bertz CT molecular complexity index is 661. The molecule has 2 aromatic rings. The molecule has 0 aromatic carbocycles. The maximum atomic E-state index is 9.75. The Labute approximate surface area is 217 Å². The van der Waals surface area contributed by atoms with Crippen LogP contribution in [0.15, 0.2) is 37.4 Å². The summed E-state index contributed by atoms with van der Waals surface area (Å²) in [5.74, 6) is 0. The third-order valence-corrected chi connectivity index (χ3v) is 5.47. The van der Waals surface area contributed by atoms with Crippen molar-refractivity contribution >= 4 is 7.25 Å². The molecule has 0 atom stereocenters. The minimum Gasteiger partial charge on any atom is -1.00 e. The Morgan fingerprint density at radius 1 is 0.743 bits per heavy atom. The van der Waals surface area contributed by atoms with E-state index in [1.165, 1.54) is 96.4 Å². The highest BCUT2D eigenvalue weighted by Gasteiger charge is 2.20. The molecule has 4 nitrogen and oxygen atoms in total. The molecule has 0 aliphatic heterocycles. The second kappa shape index (κ2) is 24.2. The molecule has 0 spiro atoms. The van der Waals surface area contributed by atoms with Gasteiger partial charge in [0.1, 0.15) is 24.8 Å². The molecular formula is C25H48BClF4N4. The normalized spacial score (nSPS) is 10.6. The number of aryl methyl sites for hydroxylation is 3. The third kappa shape index (κ3) is 28.6. The fraction of sp³-hybridized carbons (Fsp3) is 0.760. The summed E-state index contributed by atoms with van der Waals surface area (Å²) in [6.45, 7) is 6.87. The first kappa shape index (κ1) is 35.7. The van der Waals surface area contributed by atoms with Crippen LogP contribution in [0.2, 0.25) is 0 Å². The van der Waals surface area contributed by atoms with Crippen LogP contribution >= 0.6 is 0 Å². The first-order chi connectivity index (χ1) is 16.3. The number of H-pyrrole nitrogens is 1. The molecule has 0 aliphatic carbocycles. The minimum atomic E-state index is -6.00. The van der Waals surface area contributed by atoms with Crippen LogP contribution in [0.3, 0.4) is 0 Å². The molecule has 0 saturated carbocycles. The van der Waals surface area contributed by atoms with Crippen molar-refractivity contribution in [3.05, 3.63) is 37.4 Å². The second-order valence-electron chi connectivity index (χ2n) is 8.90. The number of unbranched alkanes of at least 4 members (excludes halogenated alkanes) is 12. The molecule has 206 valence electrons. The number of hydrogen-bond acceptors (Lipinski definition) is 0. The summed E-state index contributed by atoms with van der Waals surface area (Å²) in [6.07, 6.45) is 31.9. The first-order valence-electron chi connectivity index (χ1n) is 13.2. The smallest absolute Gasteiger partial charge is 0.673 e. The number of aromatic amines is 1. The average Bonchev–Trinajstić information content (AvgIpc) is 3.43. The van der Waals surface area contributed by atoms with Gasteiger partial charge >= 0.3 is 7.25 Å². The van der Waals surface area contributed by atoms with Crippen LogP contribution < -0.4 is 21.5 Å². The highest BCUT2D eigenvalue weighted by molar-refractivity contribution is 6.50. The van der Waals surface area contributed by atoms with E-state index in [0.29, 0.717) is 0 Å². The Balaban J connectivity index is 0. The van der Waals surface area contributed by atoms with Gasteiger partial charge in [-0.3, -0.25) is 4.98 Å². The number of aromatic nitrogens is 4. The van der Waals surface area contributed by atoms with Crippen molar-refractivity contribution < 1.29 is 38.8 Å². The van der Waals surface area contributed by atoms with Crippen LogP contribution in [0.1, 0.15) is 104 Å². The van der Waals surface area contributed by atoms with Crippen molar-refractivity contribution in [3.63, 3.8) is 0 Å². The standard InChI is InChI=1S/C14H27N2.C11H20N2.BF4.ClH/c1-3-4-5-6-7-8-9-10-11-16-13-12-15(2)14-16;1-2-3-4-5-6-7-9-13-10-8-12-11-13;2-1(3,4)5;/h12-14H,3-11H2,1-2H3;8,10-11H,2-7,9H2,1H3;;1H/q+1;;-1;. The summed E-state index contributed by atoms with van der Waals surface area (Å²) in [5.41, 5.74) is 0. The van der Waals surface area contributed by atoms with Gasteiger partial charge in [0, 0.05) is 0 Å². The van der Waals surface area contributed by atoms with Crippen molar-refractivity contribution in [2.45, 2.75) is 117 Å². The molecule has 10 heteroatoms. The van der Waals surface area contributed by atoms with Crippen molar-refractivity contribution in [2.24, 2.45) is 7.05 Å². The largest absolute Gasteiger partial charge is 1.00 e. The second-order valence-corrected chi connectivity index (χ2v) is 8.90. The molecule has 0 radical (unpaired) electrons. The molecular weight excluding hydrogens is 479 g/mol. The van der Waals surface area contributed by atoms with Crippen LogP contribution in [-0.2, 0) is 20.1 Å². The van der Waals surface area contributed by atoms with Crippen molar-refractivity contribution in [2.75, 3.05) is 0 Å². The quantitative estimate of drug-likeness (QED) is 0.145. The van der Waals surface area contributed by atoms with Crippen LogP contribution in [0, 0.1) is 0 Å². The Morgan fingerprint density at radius 2 is 1.23 bits per heavy atom. The van der Waals surface area contributed by atoms with Gasteiger partial charge in [0.15, 0.2) is 0 Å². The van der Waals surface area contributed by atoms with Gasteiger partial charge in [0.2, 0.25) is 12.7 Å². The number of nitrogens with one attached hydrogen (secondary N) is 1. The van der Waals surface area contributed by atoms with Crippen LogP contribution in [0.25, 0.3) is 0 Å². The van der Waals surface area contributed by atoms with Gasteiger partial charge in [-0.05, 0) is 25.7 Å². The fourth-order valence-corrected chi connectivity index (χ4v) is 3.60. The lowest BCUT2D eigenvalue weighted by molar-refractivity contribution is -0.696. The van der Waals surface area contributed by atoms with Gasteiger partial charge in [0.25, 0.3) is 0 Å². The summed E-state index contributed by atoms with van der Waals surface area (Å²) in [5, 5.41) is 0. The van der Waals surface area contributed by atoms with Crippen molar-refractivity contribution in [1.82, 2.24) is 9.55 Å². The lowest BCUT2D eigenvalue weighted by Gasteiger charge is -2.00. The first-order valence-corrected chi connectivity index (χ1v) is 13.2. The van der Waals surface area contributed by atoms with Crippen LogP contribution in [-0.4, -0.2) is 16.8 Å². The summed E-state index contributed by atoms with van der Waals surface area (Å²) in [4.78, 5) is 3.05. The van der Waals surface area contributed by atoms with E-state index in [2.05, 4.69) is 64.5 Å². The molecule has 0 fully saturated rings. The van der Waals surface area contributed by atoms with Gasteiger partial charge in [-0.15, -0.1) is 0 Å². The fourth-order valence-electron chi connectivity index (χ4n) is 3.60. The van der Waals surface area contributed by atoms with Crippen molar-refractivity contribution in [3.8, 4) is 0 Å². The number of rotatable bonds is 16. The van der Waals surface area contributed by atoms with Gasteiger partial charge in [-0.1, -0.05) is 78.1 Å². The SMILES string of the molecule is CCCCCCCCCCn1cc[n+](C)c1.CCCCCCCC[n+]1cc[nH]c1.F[B-](F)(F)F.[Cl-]. The average molecular weight is 527 g/mol. The molecule has 0 saturated heterocycles. The van der Waals surface area contributed by atoms with Crippen LogP contribution in [0.5, 0.6) is 0 Å². The zero-order valence-corrected chi connectivity index (χ0v) is 22.8. The number of hydrogen-bond donors (Lipinski definition) is 1. The zero-order chi connectivity index (χ0) is 25.5. The van der Waals surface area contributed by atoms with E-state index in [1.807, 2.05) is 12.5 Å².